The molecule has 5 heteroatoms. The summed E-state index contributed by atoms with van der Waals surface area (Å²) in [6, 6.07) is 0. The lowest BCUT2D eigenvalue weighted by Gasteiger charge is -2.32. The van der Waals surface area contributed by atoms with Crippen LogP contribution < -0.4 is 10.6 Å². The third kappa shape index (κ3) is 5.27. The Hall–Kier alpha value is -1.10. The predicted octanol–water partition coefficient (Wildman–Crippen LogP) is 1.53. The number of amides is 2. The number of hydrogen-bond donors (Lipinski definition) is 2. The molecule has 1 saturated carbocycles. The molecule has 0 unspecified atom stereocenters. The zero-order chi connectivity index (χ0) is 15.8. The third-order valence-corrected chi connectivity index (χ3v) is 5.16. The van der Waals surface area contributed by atoms with Gasteiger partial charge in [-0.3, -0.25) is 9.59 Å². The van der Waals surface area contributed by atoms with Crippen molar-refractivity contribution >= 4 is 11.8 Å². The van der Waals surface area contributed by atoms with E-state index in [4.69, 9.17) is 0 Å². The standard InChI is InChI=1S/C17H31N3O2/c1-18-10-7-14-8-11-20(12-9-14)16(21)13-19-17(22)15-5-3-2-4-6-15/h14-15,18H,2-13H2,1H3,(H,19,22). The van der Waals surface area contributed by atoms with Gasteiger partial charge in [0.25, 0.3) is 0 Å². The average molecular weight is 309 g/mol. The molecule has 0 spiro atoms. The van der Waals surface area contributed by atoms with E-state index in [1.54, 1.807) is 0 Å². The van der Waals surface area contributed by atoms with Crippen molar-refractivity contribution in [2.75, 3.05) is 33.2 Å². The van der Waals surface area contributed by atoms with E-state index < -0.39 is 0 Å². The van der Waals surface area contributed by atoms with E-state index in [-0.39, 0.29) is 24.3 Å². The van der Waals surface area contributed by atoms with Crippen LogP contribution in [0.2, 0.25) is 0 Å². The number of nitrogens with one attached hydrogen (secondary N) is 2. The van der Waals surface area contributed by atoms with Gasteiger partial charge in [-0.05, 0) is 51.6 Å². The van der Waals surface area contributed by atoms with E-state index in [2.05, 4.69) is 10.6 Å². The summed E-state index contributed by atoms with van der Waals surface area (Å²) in [5.41, 5.74) is 0. The fraction of sp³-hybridized carbons (Fsp3) is 0.882. The molecule has 0 aromatic rings. The smallest absolute Gasteiger partial charge is 0.241 e. The first-order valence-electron chi connectivity index (χ1n) is 8.90. The second-order valence-electron chi connectivity index (χ2n) is 6.77. The number of rotatable bonds is 6. The Morgan fingerprint density at radius 1 is 1.05 bits per heavy atom. The topological polar surface area (TPSA) is 61.4 Å². The van der Waals surface area contributed by atoms with Gasteiger partial charge in [0.1, 0.15) is 0 Å². The highest BCUT2D eigenvalue weighted by molar-refractivity contribution is 5.85. The summed E-state index contributed by atoms with van der Waals surface area (Å²) in [5.74, 6) is 1.02. The molecule has 2 aliphatic rings. The quantitative estimate of drug-likeness (QED) is 0.782. The van der Waals surface area contributed by atoms with Crippen molar-refractivity contribution in [1.29, 1.82) is 0 Å². The van der Waals surface area contributed by atoms with Crippen LogP contribution in [0.5, 0.6) is 0 Å². The van der Waals surface area contributed by atoms with Crippen molar-refractivity contribution in [2.24, 2.45) is 11.8 Å². The lowest BCUT2D eigenvalue weighted by molar-refractivity contribution is -0.135. The molecule has 2 fully saturated rings. The summed E-state index contributed by atoms with van der Waals surface area (Å²) in [7, 11) is 1.98. The maximum absolute atomic E-state index is 12.2. The number of piperidine rings is 1. The molecule has 0 radical (unpaired) electrons. The van der Waals surface area contributed by atoms with Crippen molar-refractivity contribution in [3.8, 4) is 0 Å². The van der Waals surface area contributed by atoms with Crippen LogP contribution in [0, 0.1) is 11.8 Å². The van der Waals surface area contributed by atoms with Crippen LogP contribution in [0.15, 0.2) is 0 Å². The van der Waals surface area contributed by atoms with Gasteiger partial charge in [0.05, 0.1) is 6.54 Å². The van der Waals surface area contributed by atoms with Crippen LogP contribution in [0.4, 0.5) is 0 Å². The van der Waals surface area contributed by atoms with E-state index >= 15 is 0 Å². The van der Waals surface area contributed by atoms with Gasteiger partial charge in [0.15, 0.2) is 0 Å². The molecule has 5 nitrogen and oxygen atoms in total. The number of carbonyl (C=O) groups is 2. The first kappa shape index (κ1) is 17.3. The van der Waals surface area contributed by atoms with Crippen LogP contribution in [-0.2, 0) is 9.59 Å². The normalized spacial score (nSPS) is 20.9. The van der Waals surface area contributed by atoms with Crippen LogP contribution in [0.3, 0.4) is 0 Å². The minimum Gasteiger partial charge on any atom is -0.347 e. The molecule has 0 atom stereocenters. The number of carbonyl (C=O) groups excluding carboxylic acids is 2. The lowest BCUT2D eigenvalue weighted by atomic mass is 9.89. The molecule has 1 aliphatic carbocycles. The predicted molar refractivity (Wildman–Crippen MR) is 87.4 cm³/mol. The molecule has 22 heavy (non-hydrogen) atoms. The molecule has 0 bridgehead atoms. The molecule has 1 heterocycles. The minimum atomic E-state index is 0.0798. The molecule has 0 aromatic carbocycles. The third-order valence-electron chi connectivity index (χ3n) is 5.16. The van der Waals surface area contributed by atoms with E-state index in [0.29, 0.717) is 0 Å². The Morgan fingerprint density at radius 2 is 1.73 bits per heavy atom. The second kappa shape index (κ2) is 9.13. The van der Waals surface area contributed by atoms with Gasteiger partial charge in [-0.25, -0.2) is 0 Å². The molecule has 2 N–H and O–H groups in total. The monoisotopic (exact) mass is 309 g/mol. The van der Waals surface area contributed by atoms with Crippen LogP contribution >= 0.6 is 0 Å². The molecule has 126 valence electrons. The molecule has 2 amide bonds. The molecular weight excluding hydrogens is 278 g/mol. The fourth-order valence-corrected chi connectivity index (χ4v) is 3.60. The van der Waals surface area contributed by atoms with Crippen LogP contribution in [0.1, 0.15) is 51.4 Å². The van der Waals surface area contributed by atoms with Gasteiger partial charge in [-0.15, -0.1) is 0 Å². The Balaban J connectivity index is 1.64. The largest absolute Gasteiger partial charge is 0.347 e. The van der Waals surface area contributed by atoms with Gasteiger partial charge in [-0.1, -0.05) is 19.3 Å². The number of likely N-dealkylation sites (tertiary alicyclic amines) is 1. The average Bonchev–Trinajstić information content (AvgIpc) is 2.58. The SMILES string of the molecule is CNCCC1CCN(C(=O)CNC(=O)C2CCCCC2)CC1. The Bertz CT molecular complexity index is 359. The highest BCUT2D eigenvalue weighted by Crippen LogP contribution is 2.23. The second-order valence-corrected chi connectivity index (χ2v) is 6.77. The maximum Gasteiger partial charge on any atom is 0.241 e. The van der Waals surface area contributed by atoms with Crippen LogP contribution in [0.25, 0.3) is 0 Å². The van der Waals surface area contributed by atoms with Crippen molar-refractivity contribution in [3.05, 3.63) is 0 Å². The van der Waals surface area contributed by atoms with Gasteiger partial charge in [0, 0.05) is 19.0 Å². The maximum atomic E-state index is 12.2. The number of nitrogens with zero attached hydrogens (tertiary/aromatic N) is 1. The van der Waals surface area contributed by atoms with Gasteiger partial charge < -0.3 is 15.5 Å². The lowest BCUT2D eigenvalue weighted by Crippen LogP contribution is -2.45. The summed E-state index contributed by atoms with van der Waals surface area (Å²) < 4.78 is 0. The number of hydrogen-bond acceptors (Lipinski definition) is 3. The summed E-state index contributed by atoms with van der Waals surface area (Å²) in [5, 5.41) is 6.04. The van der Waals surface area contributed by atoms with E-state index in [1.807, 2.05) is 11.9 Å². The zero-order valence-electron chi connectivity index (χ0n) is 13.9. The van der Waals surface area contributed by atoms with E-state index in [9.17, 15) is 9.59 Å². The highest BCUT2D eigenvalue weighted by atomic mass is 16.2. The zero-order valence-corrected chi connectivity index (χ0v) is 13.9. The first-order valence-corrected chi connectivity index (χ1v) is 8.90. The Labute approximate surface area is 134 Å². The Morgan fingerprint density at radius 3 is 2.36 bits per heavy atom. The van der Waals surface area contributed by atoms with Crippen LogP contribution in [-0.4, -0.2) is 49.9 Å². The fourth-order valence-electron chi connectivity index (χ4n) is 3.60. The molecule has 1 aliphatic heterocycles. The summed E-state index contributed by atoms with van der Waals surface area (Å²) in [6.45, 7) is 2.91. The molecular formula is C17H31N3O2. The Kier molecular flexibility index (Phi) is 7.16. The first-order chi connectivity index (χ1) is 10.7. The van der Waals surface area contributed by atoms with Crippen molar-refractivity contribution in [2.45, 2.75) is 51.4 Å². The minimum absolute atomic E-state index is 0.0798. The van der Waals surface area contributed by atoms with Gasteiger partial charge in [0.2, 0.25) is 11.8 Å². The van der Waals surface area contributed by atoms with Crippen molar-refractivity contribution < 1.29 is 9.59 Å². The molecule has 2 rings (SSSR count). The van der Waals surface area contributed by atoms with E-state index in [0.717, 1.165) is 64.1 Å². The highest BCUT2D eigenvalue weighted by Gasteiger charge is 2.24. The van der Waals surface area contributed by atoms with Gasteiger partial charge >= 0.3 is 0 Å². The molecule has 0 aromatic heterocycles. The molecule has 1 saturated heterocycles. The summed E-state index contributed by atoms with van der Waals surface area (Å²) >= 11 is 0. The summed E-state index contributed by atoms with van der Waals surface area (Å²) in [4.78, 5) is 26.2. The summed E-state index contributed by atoms with van der Waals surface area (Å²) in [6.07, 6.45) is 8.86. The van der Waals surface area contributed by atoms with Crippen molar-refractivity contribution in [1.82, 2.24) is 15.5 Å². The van der Waals surface area contributed by atoms with Crippen molar-refractivity contribution in [3.63, 3.8) is 0 Å². The van der Waals surface area contributed by atoms with E-state index in [1.165, 1.54) is 12.8 Å². The van der Waals surface area contributed by atoms with Gasteiger partial charge in [-0.2, -0.15) is 0 Å².